The monoisotopic (exact) mass is 370 g/mol. The summed E-state index contributed by atoms with van der Waals surface area (Å²) >= 11 is 6.05. The Morgan fingerprint density at radius 3 is 2.69 bits per heavy atom. The summed E-state index contributed by atoms with van der Waals surface area (Å²) in [6, 6.07) is 10.9. The summed E-state index contributed by atoms with van der Waals surface area (Å²) in [5.74, 6) is 0.111. The number of aromatic nitrogens is 4. The number of hydrogen-bond acceptors (Lipinski definition) is 5. The van der Waals surface area contributed by atoms with Crippen LogP contribution in [-0.4, -0.2) is 40.0 Å². The molecule has 8 heteroatoms. The molecular weight excluding hydrogens is 352 g/mol. The van der Waals surface area contributed by atoms with E-state index in [2.05, 4.69) is 20.6 Å². The van der Waals surface area contributed by atoms with Gasteiger partial charge in [0.1, 0.15) is 5.82 Å². The molecule has 0 bridgehead atoms. The minimum absolute atomic E-state index is 0.269. The Labute approximate surface area is 156 Å². The van der Waals surface area contributed by atoms with E-state index in [4.69, 9.17) is 11.6 Å². The Kier molecular flexibility index (Phi) is 5.18. The first kappa shape index (κ1) is 17.9. The topological polar surface area (TPSA) is 75.9 Å². The minimum atomic E-state index is -0.347. The number of pyridine rings is 1. The van der Waals surface area contributed by atoms with Gasteiger partial charge in [-0.15, -0.1) is 5.10 Å². The normalized spacial score (nSPS) is 10.6. The third-order valence-corrected chi connectivity index (χ3v) is 4.11. The highest BCUT2D eigenvalue weighted by molar-refractivity contribution is 6.30. The Morgan fingerprint density at radius 1 is 1.27 bits per heavy atom. The Morgan fingerprint density at radius 2 is 2.08 bits per heavy atom. The number of rotatable bonds is 5. The summed E-state index contributed by atoms with van der Waals surface area (Å²) in [5, 5.41) is 11.5. The molecule has 134 valence electrons. The molecule has 0 unspecified atom stereocenters. The fourth-order valence-electron chi connectivity index (χ4n) is 2.51. The van der Waals surface area contributed by atoms with Crippen LogP contribution in [0.3, 0.4) is 0 Å². The van der Waals surface area contributed by atoms with Crippen molar-refractivity contribution in [1.29, 1.82) is 0 Å². The highest BCUT2D eigenvalue weighted by Crippen LogP contribution is 2.19. The van der Waals surface area contributed by atoms with Gasteiger partial charge in [0.15, 0.2) is 5.69 Å². The van der Waals surface area contributed by atoms with E-state index in [9.17, 15) is 4.79 Å². The van der Waals surface area contributed by atoms with E-state index in [1.807, 2.05) is 44.1 Å². The van der Waals surface area contributed by atoms with E-state index in [0.29, 0.717) is 23.0 Å². The van der Waals surface area contributed by atoms with Gasteiger partial charge in [-0.2, -0.15) is 0 Å². The van der Waals surface area contributed by atoms with Gasteiger partial charge in [-0.25, -0.2) is 9.67 Å². The number of hydrogen-bond donors (Lipinski definition) is 1. The molecule has 0 radical (unpaired) electrons. The summed E-state index contributed by atoms with van der Waals surface area (Å²) in [6.45, 7) is 1.95. The van der Waals surface area contributed by atoms with Crippen LogP contribution in [0.1, 0.15) is 23.1 Å². The number of nitrogens with one attached hydrogen (secondary N) is 1. The number of nitrogens with zero attached hydrogens (tertiary/aromatic N) is 5. The van der Waals surface area contributed by atoms with Crippen LogP contribution in [-0.2, 0) is 6.42 Å². The maximum Gasteiger partial charge on any atom is 0.279 e. The lowest BCUT2D eigenvalue weighted by Crippen LogP contribution is -2.16. The number of benzene rings is 1. The van der Waals surface area contributed by atoms with Gasteiger partial charge in [0.25, 0.3) is 5.91 Å². The average Bonchev–Trinajstić information content (AvgIpc) is 3.06. The molecule has 3 rings (SSSR count). The molecule has 0 atom stereocenters. The number of amides is 1. The van der Waals surface area contributed by atoms with E-state index in [1.165, 1.54) is 0 Å². The number of halogens is 1. The zero-order chi connectivity index (χ0) is 18.7. The summed E-state index contributed by atoms with van der Waals surface area (Å²) < 4.78 is 1.63. The number of carbonyl (C=O) groups excluding carboxylic acids is 1. The molecule has 26 heavy (non-hydrogen) atoms. The lowest BCUT2D eigenvalue weighted by Gasteiger charge is -2.12. The fraction of sp³-hybridized carbons (Fsp3) is 0.222. The van der Waals surface area contributed by atoms with E-state index in [0.717, 1.165) is 11.4 Å². The molecule has 1 aromatic carbocycles. The van der Waals surface area contributed by atoms with Crippen molar-refractivity contribution in [2.75, 3.05) is 24.3 Å². The van der Waals surface area contributed by atoms with Crippen molar-refractivity contribution in [2.24, 2.45) is 0 Å². The van der Waals surface area contributed by atoms with Gasteiger partial charge in [-0.3, -0.25) is 4.79 Å². The Bertz CT molecular complexity index is 920. The van der Waals surface area contributed by atoms with Crippen LogP contribution >= 0.6 is 11.6 Å². The maximum absolute atomic E-state index is 12.6. The van der Waals surface area contributed by atoms with E-state index < -0.39 is 0 Å². The van der Waals surface area contributed by atoms with Gasteiger partial charge in [-0.05, 0) is 36.8 Å². The van der Waals surface area contributed by atoms with Crippen molar-refractivity contribution in [2.45, 2.75) is 13.3 Å². The van der Waals surface area contributed by atoms with E-state index in [-0.39, 0.29) is 11.6 Å². The molecule has 7 nitrogen and oxygen atoms in total. The molecule has 0 aliphatic heterocycles. The van der Waals surface area contributed by atoms with Crippen LogP contribution in [0, 0.1) is 0 Å². The van der Waals surface area contributed by atoms with Crippen molar-refractivity contribution in [1.82, 2.24) is 20.0 Å². The number of anilines is 2. The molecule has 0 aliphatic rings. The number of carbonyl (C=O) groups is 1. The van der Waals surface area contributed by atoms with Crippen LogP contribution < -0.4 is 10.2 Å². The second kappa shape index (κ2) is 7.53. The van der Waals surface area contributed by atoms with Crippen LogP contribution in [0.4, 0.5) is 11.5 Å². The predicted octanol–water partition coefficient (Wildman–Crippen LogP) is 3.20. The molecule has 0 fully saturated rings. The highest BCUT2D eigenvalue weighted by Gasteiger charge is 2.20. The third-order valence-electron chi connectivity index (χ3n) is 3.87. The first-order valence-corrected chi connectivity index (χ1v) is 8.52. The Balaban J connectivity index is 1.86. The van der Waals surface area contributed by atoms with Gasteiger partial charge in [0.05, 0.1) is 23.3 Å². The first-order chi connectivity index (χ1) is 12.5. The van der Waals surface area contributed by atoms with E-state index >= 15 is 0 Å². The van der Waals surface area contributed by atoms with Crippen molar-refractivity contribution in [3.05, 3.63) is 59.0 Å². The van der Waals surface area contributed by atoms with Crippen molar-refractivity contribution < 1.29 is 4.79 Å². The van der Waals surface area contributed by atoms with E-state index in [1.54, 1.807) is 29.1 Å². The quantitative estimate of drug-likeness (QED) is 0.746. The van der Waals surface area contributed by atoms with Gasteiger partial charge >= 0.3 is 0 Å². The smallest absolute Gasteiger partial charge is 0.279 e. The zero-order valence-corrected chi connectivity index (χ0v) is 15.5. The van der Waals surface area contributed by atoms with Crippen molar-refractivity contribution >= 4 is 29.0 Å². The zero-order valence-electron chi connectivity index (χ0n) is 14.8. The van der Waals surface area contributed by atoms with Gasteiger partial charge in [0.2, 0.25) is 0 Å². The van der Waals surface area contributed by atoms with Gasteiger partial charge in [0, 0.05) is 19.1 Å². The second-order valence-corrected chi connectivity index (χ2v) is 6.32. The molecule has 0 spiro atoms. The predicted molar refractivity (Wildman–Crippen MR) is 102 cm³/mol. The summed E-state index contributed by atoms with van der Waals surface area (Å²) in [6.07, 6.45) is 2.29. The summed E-state index contributed by atoms with van der Waals surface area (Å²) in [5.41, 5.74) is 2.68. The van der Waals surface area contributed by atoms with Crippen LogP contribution in [0.2, 0.25) is 5.02 Å². The van der Waals surface area contributed by atoms with Crippen LogP contribution in [0.15, 0.2) is 42.6 Å². The average molecular weight is 371 g/mol. The van der Waals surface area contributed by atoms with Crippen molar-refractivity contribution in [3.63, 3.8) is 0 Å². The standard InChI is InChI=1S/C18H19ClN6O/c1-4-15-17(22-23-25(15)13-7-5-6-12(19)10-13)18(26)21-16-9-8-14(11-20-16)24(2)3/h5-11H,4H2,1-3H3,(H,20,21,26). The molecular formula is C18H19ClN6O. The molecule has 0 saturated heterocycles. The minimum Gasteiger partial charge on any atom is -0.376 e. The SMILES string of the molecule is CCc1c(C(=O)Nc2ccc(N(C)C)cn2)nnn1-c1cccc(Cl)c1. The Hall–Kier alpha value is -2.93. The lowest BCUT2D eigenvalue weighted by molar-refractivity contribution is 0.102. The van der Waals surface area contributed by atoms with Gasteiger partial charge < -0.3 is 10.2 Å². The molecule has 1 amide bonds. The highest BCUT2D eigenvalue weighted by atomic mass is 35.5. The molecule has 3 aromatic rings. The third kappa shape index (κ3) is 3.67. The fourth-order valence-corrected chi connectivity index (χ4v) is 2.70. The molecule has 2 heterocycles. The first-order valence-electron chi connectivity index (χ1n) is 8.15. The summed E-state index contributed by atoms with van der Waals surface area (Å²) in [7, 11) is 3.86. The molecule has 1 N–H and O–H groups in total. The van der Waals surface area contributed by atoms with Crippen LogP contribution in [0.25, 0.3) is 5.69 Å². The van der Waals surface area contributed by atoms with Crippen LogP contribution in [0.5, 0.6) is 0 Å². The van der Waals surface area contributed by atoms with Crippen molar-refractivity contribution in [3.8, 4) is 5.69 Å². The molecule has 0 saturated carbocycles. The lowest BCUT2D eigenvalue weighted by atomic mass is 10.2. The second-order valence-electron chi connectivity index (χ2n) is 5.88. The molecule has 0 aliphatic carbocycles. The molecule has 2 aromatic heterocycles. The van der Waals surface area contributed by atoms with Gasteiger partial charge in [-0.1, -0.05) is 29.8 Å². The largest absolute Gasteiger partial charge is 0.376 e. The maximum atomic E-state index is 12.6. The summed E-state index contributed by atoms with van der Waals surface area (Å²) in [4.78, 5) is 18.8.